The van der Waals surface area contributed by atoms with E-state index in [4.69, 9.17) is 16.3 Å². The van der Waals surface area contributed by atoms with Gasteiger partial charge < -0.3 is 14.4 Å². The smallest absolute Gasteiger partial charge is 0.309 e. The van der Waals surface area contributed by atoms with Crippen molar-refractivity contribution in [2.45, 2.75) is 6.42 Å². The summed E-state index contributed by atoms with van der Waals surface area (Å²) < 4.78 is 7.36. The first-order chi connectivity index (χ1) is 11.0. The third kappa shape index (κ3) is 2.66. The molecule has 0 fully saturated rings. The second kappa shape index (κ2) is 5.97. The highest BCUT2D eigenvalue weighted by Crippen LogP contribution is 2.40. The zero-order valence-electron chi connectivity index (χ0n) is 12.8. The second-order valence-corrected chi connectivity index (χ2v) is 5.75. The Morgan fingerprint density at radius 1 is 1.26 bits per heavy atom. The van der Waals surface area contributed by atoms with E-state index in [2.05, 4.69) is 0 Å². The van der Waals surface area contributed by atoms with Gasteiger partial charge in [0, 0.05) is 39.8 Å². The molecule has 1 aromatic heterocycles. The SMILES string of the molecule is COc1ccccc1-c1c(CC(=O)O)n(C)c2ccc(Cl)cc12. The number of carboxylic acid groups (broad SMARTS) is 1. The summed E-state index contributed by atoms with van der Waals surface area (Å²) in [5.74, 6) is -0.176. The predicted molar refractivity (Wildman–Crippen MR) is 91.3 cm³/mol. The Kier molecular flexibility index (Phi) is 4.01. The van der Waals surface area contributed by atoms with Gasteiger partial charge in [-0.2, -0.15) is 0 Å². The van der Waals surface area contributed by atoms with Gasteiger partial charge in [-0.3, -0.25) is 4.79 Å². The summed E-state index contributed by atoms with van der Waals surface area (Å²) in [4.78, 5) is 11.3. The topological polar surface area (TPSA) is 51.5 Å². The Bertz CT molecular complexity index is 899. The lowest BCUT2D eigenvalue weighted by atomic mass is 9.99. The minimum atomic E-state index is -0.877. The largest absolute Gasteiger partial charge is 0.496 e. The van der Waals surface area contributed by atoms with Gasteiger partial charge in [0.2, 0.25) is 0 Å². The third-order valence-electron chi connectivity index (χ3n) is 3.98. The molecule has 0 saturated carbocycles. The van der Waals surface area contributed by atoms with Gasteiger partial charge in [-0.15, -0.1) is 0 Å². The molecular weight excluding hydrogens is 314 g/mol. The molecule has 0 spiro atoms. The highest BCUT2D eigenvalue weighted by molar-refractivity contribution is 6.31. The standard InChI is InChI=1S/C18H16ClNO3/c1-20-14-8-7-11(19)9-13(14)18(15(20)10-17(21)22)12-5-3-4-6-16(12)23-2/h3-9H,10H2,1-2H3,(H,21,22). The van der Waals surface area contributed by atoms with Gasteiger partial charge in [0.05, 0.1) is 13.5 Å². The molecule has 0 saturated heterocycles. The molecule has 3 aromatic rings. The van der Waals surface area contributed by atoms with Crippen LogP contribution in [-0.4, -0.2) is 22.8 Å². The summed E-state index contributed by atoms with van der Waals surface area (Å²) in [5.41, 5.74) is 3.37. The van der Waals surface area contributed by atoms with Crippen LogP contribution in [0, 0.1) is 0 Å². The molecule has 0 aliphatic rings. The first-order valence-electron chi connectivity index (χ1n) is 7.15. The fraction of sp³-hybridized carbons (Fsp3) is 0.167. The highest BCUT2D eigenvalue weighted by atomic mass is 35.5. The summed E-state index contributed by atoms with van der Waals surface area (Å²) in [5, 5.41) is 10.8. The number of para-hydroxylation sites is 1. The maximum atomic E-state index is 11.3. The number of carbonyl (C=O) groups is 1. The molecule has 0 aliphatic carbocycles. The molecule has 0 bridgehead atoms. The summed E-state index contributed by atoms with van der Waals surface area (Å²) in [6.07, 6.45) is -0.0732. The van der Waals surface area contributed by atoms with Crippen LogP contribution in [0.5, 0.6) is 5.75 Å². The van der Waals surface area contributed by atoms with Crippen LogP contribution in [0.3, 0.4) is 0 Å². The number of aromatic nitrogens is 1. The lowest BCUT2D eigenvalue weighted by Gasteiger charge is -2.10. The molecule has 118 valence electrons. The van der Waals surface area contributed by atoms with Crippen LogP contribution >= 0.6 is 11.6 Å². The molecule has 0 atom stereocenters. The number of hydrogen-bond acceptors (Lipinski definition) is 2. The van der Waals surface area contributed by atoms with Crippen molar-refractivity contribution in [1.82, 2.24) is 4.57 Å². The molecule has 0 unspecified atom stereocenters. The van der Waals surface area contributed by atoms with Crippen molar-refractivity contribution >= 4 is 28.5 Å². The van der Waals surface area contributed by atoms with Crippen molar-refractivity contribution in [2.24, 2.45) is 7.05 Å². The zero-order chi connectivity index (χ0) is 16.6. The van der Waals surface area contributed by atoms with E-state index in [1.807, 2.05) is 48.0 Å². The van der Waals surface area contributed by atoms with Crippen LogP contribution in [0.25, 0.3) is 22.0 Å². The number of carboxylic acids is 1. The van der Waals surface area contributed by atoms with Gasteiger partial charge in [0.15, 0.2) is 0 Å². The van der Waals surface area contributed by atoms with Crippen molar-refractivity contribution in [3.8, 4) is 16.9 Å². The molecular formula is C18H16ClNO3. The fourth-order valence-corrected chi connectivity index (χ4v) is 3.14. The van der Waals surface area contributed by atoms with E-state index in [0.29, 0.717) is 10.8 Å². The molecule has 23 heavy (non-hydrogen) atoms. The molecule has 3 rings (SSSR count). The Morgan fingerprint density at radius 2 is 2.00 bits per heavy atom. The van der Waals surface area contributed by atoms with Gasteiger partial charge in [-0.25, -0.2) is 0 Å². The maximum absolute atomic E-state index is 11.3. The van der Waals surface area contributed by atoms with E-state index >= 15 is 0 Å². The van der Waals surface area contributed by atoms with Gasteiger partial charge in [-0.05, 0) is 24.3 Å². The van der Waals surface area contributed by atoms with E-state index in [0.717, 1.165) is 27.7 Å². The zero-order valence-corrected chi connectivity index (χ0v) is 13.6. The van der Waals surface area contributed by atoms with E-state index in [-0.39, 0.29) is 6.42 Å². The fourth-order valence-electron chi connectivity index (χ4n) is 2.97. The van der Waals surface area contributed by atoms with Crippen molar-refractivity contribution < 1.29 is 14.6 Å². The van der Waals surface area contributed by atoms with Crippen LogP contribution in [0.15, 0.2) is 42.5 Å². The quantitative estimate of drug-likeness (QED) is 0.782. The van der Waals surface area contributed by atoms with E-state index in [9.17, 15) is 9.90 Å². The molecule has 0 amide bonds. The average Bonchev–Trinajstić information content (AvgIpc) is 2.78. The third-order valence-corrected chi connectivity index (χ3v) is 4.21. The van der Waals surface area contributed by atoms with Gasteiger partial charge in [0.25, 0.3) is 0 Å². The summed E-state index contributed by atoms with van der Waals surface area (Å²) in [7, 11) is 3.47. The molecule has 1 N–H and O–H groups in total. The Morgan fingerprint density at radius 3 is 2.70 bits per heavy atom. The first kappa shape index (κ1) is 15.4. The number of fused-ring (bicyclic) bond motifs is 1. The number of nitrogens with zero attached hydrogens (tertiary/aromatic N) is 1. The van der Waals surface area contributed by atoms with Crippen LogP contribution < -0.4 is 4.74 Å². The van der Waals surface area contributed by atoms with Crippen molar-refractivity contribution in [3.05, 3.63) is 53.2 Å². The van der Waals surface area contributed by atoms with Crippen molar-refractivity contribution in [1.29, 1.82) is 0 Å². The number of benzene rings is 2. The van der Waals surface area contributed by atoms with E-state index in [1.165, 1.54) is 0 Å². The van der Waals surface area contributed by atoms with Gasteiger partial charge in [-0.1, -0.05) is 29.8 Å². The summed E-state index contributed by atoms with van der Waals surface area (Å²) in [6.45, 7) is 0. The normalized spacial score (nSPS) is 10.9. The number of halogens is 1. The lowest BCUT2D eigenvalue weighted by Crippen LogP contribution is -2.06. The first-order valence-corrected chi connectivity index (χ1v) is 7.52. The van der Waals surface area contributed by atoms with Crippen LogP contribution in [0.1, 0.15) is 5.69 Å². The minimum absolute atomic E-state index is 0.0732. The summed E-state index contributed by atoms with van der Waals surface area (Å²) >= 11 is 6.16. The molecule has 1 heterocycles. The van der Waals surface area contributed by atoms with Crippen LogP contribution in [0.4, 0.5) is 0 Å². The molecule has 4 nitrogen and oxygen atoms in total. The van der Waals surface area contributed by atoms with Gasteiger partial charge in [0.1, 0.15) is 5.75 Å². The highest BCUT2D eigenvalue weighted by Gasteiger charge is 2.21. The second-order valence-electron chi connectivity index (χ2n) is 5.31. The predicted octanol–water partition coefficient (Wildman–Crippen LogP) is 4.13. The Hall–Kier alpha value is -2.46. The monoisotopic (exact) mass is 329 g/mol. The summed E-state index contributed by atoms with van der Waals surface area (Å²) in [6, 6.07) is 13.2. The number of rotatable bonds is 4. The number of hydrogen-bond donors (Lipinski definition) is 1. The number of aliphatic carboxylic acids is 1. The van der Waals surface area contributed by atoms with Crippen molar-refractivity contribution in [3.63, 3.8) is 0 Å². The van der Waals surface area contributed by atoms with Crippen molar-refractivity contribution in [2.75, 3.05) is 7.11 Å². The maximum Gasteiger partial charge on any atom is 0.309 e. The van der Waals surface area contributed by atoms with Gasteiger partial charge >= 0.3 is 5.97 Å². The van der Waals surface area contributed by atoms with Crippen LogP contribution in [0.2, 0.25) is 5.02 Å². The van der Waals surface area contributed by atoms with E-state index in [1.54, 1.807) is 13.2 Å². The Labute approximate surface area is 138 Å². The number of aryl methyl sites for hydroxylation is 1. The van der Waals surface area contributed by atoms with Crippen LogP contribution in [-0.2, 0) is 18.3 Å². The number of methoxy groups -OCH3 is 1. The molecule has 2 aromatic carbocycles. The molecule has 0 radical (unpaired) electrons. The lowest BCUT2D eigenvalue weighted by molar-refractivity contribution is -0.136. The molecule has 0 aliphatic heterocycles. The molecule has 5 heteroatoms. The number of ether oxygens (including phenoxy) is 1. The van der Waals surface area contributed by atoms with E-state index < -0.39 is 5.97 Å². The average molecular weight is 330 g/mol. The Balaban J connectivity index is 2.41. The minimum Gasteiger partial charge on any atom is -0.496 e.